The van der Waals surface area contributed by atoms with Gasteiger partial charge in [-0.25, -0.2) is 0 Å². The lowest BCUT2D eigenvalue weighted by molar-refractivity contribution is -0.148. The Balaban J connectivity index is 2.66. The van der Waals surface area contributed by atoms with Crippen LogP contribution in [-0.2, 0) is 9.53 Å². The molecule has 2 nitrogen and oxygen atoms in total. The molecule has 1 aliphatic carbocycles. The second kappa shape index (κ2) is 4.48. The molecule has 16 heavy (non-hydrogen) atoms. The molecule has 0 unspecified atom stereocenters. The molecule has 0 bridgehead atoms. The molecular formula is C14H26O2. The first-order valence-electron chi connectivity index (χ1n) is 6.30. The fourth-order valence-corrected chi connectivity index (χ4v) is 2.31. The van der Waals surface area contributed by atoms with E-state index in [4.69, 9.17) is 4.74 Å². The minimum absolute atomic E-state index is 0.182. The Morgan fingerprint density at radius 3 is 2.12 bits per heavy atom. The van der Waals surface area contributed by atoms with Crippen molar-refractivity contribution >= 4 is 5.78 Å². The predicted octanol–water partition coefficient (Wildman–Crippen LogP) is 3.59. The summed E-state index contributed by atoms with van der Waals surface area (Å²) >= 11 is 0. The highest BCUT2D eigenvalue weighted by molar-refractivity contribution is 5.83. The van der Waals surface area contributed by atoms with Gasteiger partial charge in [-0.2, -0.15) is 0 Å². The SMILES string of the molecule is CC(C)(C)O[C@H]1C[C@@H](C(C)(C)C)CCC1=O. The molecule has 0 amide bonds. The van der Waals surface area contributed by atoms with E-state index in [0.29, 0.717) is 12.3 Å². The molecule has 0 spiro atoms. The van der Waals surface area contributed by atoms with E-state index < -0.39 is 0 Å². The quantitative estimate of drug-likeness (QED) is 0.683. The molecule has 0 aromatic heterocycles. The molecule has 1 rings (SSSR count). The molecule has 0 aliphatic heterocycles. The average Bonchev–Trinajstić information content (AvgIpc) is 2.04. The van der Waals surface area contributed by atoms with Crippen molar-refractivity contribution < 1.29 is 9.53 Å². The van der Waals surface area contributed by atoms with E-state index in [1.165, 1.54) is 0 Å². The Labute approximate surface area is 99.8 Å². The number of hydrogen-bond acceptors (Lipinski definition) is 2. The van der Waals surface area contributed by atoms with Crippen molar-refractivity contribution in [3.63, 3.8) is 0 Å². The topological polar surface area (TPSA) is 26.3 Å². The van der Waals surface area contributed by atoms with Crippen molar-refractivity contribution in [1.29, 1.82) is 0 Å². The van der Waals surface area contributed by atoms with E-state index in [-0.39, 0.29) is 22.9 Å². The van der Waals surface area contributed by atoms with Crippen LogP contribution in [0.3, 0.4) is 0 Å². The lowest BCUT2D eigenvalue weighted by Gasteiger charge is -2.38. The number of ketones is 1. The van der Waals surface area contributed by atoms with Crippen LogP contribution in [0.5, 0.6) is 0 Å². The van der Waals surface area contributed by atoms with Gasteiger partial charge in [0.25, 0.3) is 0 Å². The van der Waals surface area contributed by atoms with Gasteiger partial charge in [0, 0.05) is 6.42 Å². The number of rotatable bonds is 1. The first kappa shape index (κ1) is 13.7. The Morgan fingerprint density at radius 2 is 1.69 bits per heavy atom. The number of carbonyl (C=O) groups is 1. The van der Waals surface area contributed by atoms with Crippen LogP contribution in [0.1, 0.15) is 60.8 Å². The summed E-state index contributed by atoms with van der Waals surface area (Å²) < 4.78 is 5.87. The van der Waals surface area contributed by atoms with E-state index in [1.807, 2.05) is 20.8 Å². The molecule has 1 fully saturated rings. The number of hydrogen-bond donors (Lipinski definition) is 0. The largest absolute Gasteiger partial charge is 0.365 e. The zero-order valence-corrected chi connectivity index (χ0v) is 11.6. The van der Waals surface area contributed by atoms with Gasteiger partial charge in [0.1, 0.15) is 6.10 Å². The highest BCUT2D eigenvalue weighted by Crippen LogP contribution is 2.38. The van der Waals surface area contributed by atoms with Crippen LogP contribution >= 0.6 is 0 Å². The van der Waals surface area contributed by atoms with Crippen LogP contribution in [0.15, 0.2) is 0 Å². The number of ether oxygens (including phenoxy) is 1. The zero-order valence-electron chi connectivity index (χ0n) is 11.6. The second-order valence-corrected chi connectivity index (χ2v) is 7.02. The standard InChI is InChI=1S/C14H26O2/c1-13(2,3)10-7-8-11(15)12(9-10)16-14(4,5)6/h10,12H,7-9H2,1-6H3/t10-,12-/m0/s1. The summed E-state index contributed by atoms with van der Waals surface area (Å²) in [7, 11) is 0. The maximum Gasteiger partial charge on any atom is 0.161 e. The van der Waals surface area contributed by atoms with Gasteiger partial charge in [0.15, 0.2) is 5.78 Å². The third kappa shape index (κ3) is 3.89. The van der Waals surface area contributed by atoms with Crippen LogP contribution in [0.4, 0.5) is 0 Å². The third-order valence-corrected chi connectivity index (χ3v) is 3.32. The first-order chi connectivity index (χ1) is 7.09. The van der Waals surface area contributed by atoms with Gasteiger partial charge in [-0.05, 0) is 44.9 Å². The first-order valence-corrected chi connectivity index (χ1v) is 6.30. The molecular weight excluding hydrogens is 200 g/mol. The molecule has 2 atom stereocenters. The van der Waals surface area contributed by atoms with Gasteiger partial charge < -0.3 is 4.74 Å². The summed E-state index contributed by atoms with van der Waals surface area (Å²) in [5, 5.41) is 0. The summed E-state index contributed by atoms with van der Waals surface area (Å²) in [6.45, 7) is 12.8. The fourth-order valence-electron chi connectivity index (χ4n) is 2.31. The van der Waals surface area contributed by atoms with Gasteiger partial charge in [-0.15, -0.1) is 0 Å². The molecule has 0 radical (unpaired) electrons. The summed E-state index contributed by atoms with van der Waals surface area (Å²) in [4.78, 5) is 11.8. The van der Waals surface area contributed by atoms with E-state index in [9.17, 15) is 4.79 Å². The smallest absolute Gasteiger partial charge is 0.161 e. The van der Waals surface area contributed by atoms with Gasteiger partial charge in [0.2, 0.25) is 0 Å². The van der Waals surface area contributed by atoms with Gasteiger partial charge >= 0.3 is 0 Å². The molecule has 1 aliphatic rings. The number of carbonyl (C=O) groups excluding carboxylic acids is 1. The lowest BCUT2D eigenvalue weighted by atomic mass is 9.71. The Hall–Kier alpha value is -0.370. The van der Waals surface area contributed by atoms with Gasteiger partial charge in [-0.1, -0.05) is 20.8 Å². The van der Waals surface area contributed by atoms with Crippen LogP contribution in [-0.4, -0.2) is 17.5 Å². The average molecular weight is 226 g/mol. The molecule has 94 valence electrons. The maximum atomic E-state index is 11.8. The van der Waals surface area contributed by atoms with E-state index in [0.717, 1.165) is 12.8 Å². The molecule has 0 N–H and O–H groups in total. The summed E-state index contributed by atoms with van der Waals surface area (Å²) in [5.41, 5.74) is 0.0558. The minimum atomic E-state index is -0.222. The van der Waals surface area contributed by atoms with Crippen molar-refractivity contribution in [2.45, 2.75) is 72.5 Å². The van der Waals surface area contributed by atoms with E-state index in [2.05, 4.69) is 20.8 Å². The van der Waals surface area contributed by atoms with Crippen LogP contribution < -0.4 is 0 Å². The van der Waals surface area contributed by atoms with Crippen LogP contribution in [0.25, 0.3) is 0 Å². The van der Waals surface area contributed by atoms with Crippen molar-refractivity contribution in [3.8, 4) is 0 Å². The highest BCUT2D eigenvalue weighted by Gasteiger charge is 2.36. The van der Waals surface area contributed by atoms with Gasteiger partial charge in [0.05, 0.1) is 5.60 Å². The van der Waals surface area contributed by atoms with Crippen molar-refractivity contribution in [2.75, 3.05) is 0 Å². The molecule has 0 saturated heterocycles. The van der Waals surface area contributed by atoms with E-state index >= 15 is 0 Å². The van der Waals surface area contributed by atoms with Crippen molar-refractivity contribution in [2.24, 2.45) is 11.3 Å². The normalized spacial score (nSPS) is 28.2. The highest BCUT2D eigenvalue weighted by atomic mass is 16.5. The Bertz CT molecular complexity index is 255. The molecule has 0 aromatic rings. The maximum absolute atomic E-state index is 11.8. The lowest BCUT2D eigenvalue weighted by Crippen LogP contribution is -2.40. The predicted molar refractivity (Wildman–Crippen MR) is 66.4 cm³/mol. The van der Waals surface area contributed by atoms with Crippen LogP contribution in [0.2, 0.25) is 0 Å². The molecule has 0 aromatic carbocycles. The Morgan fingerprint density at radius 1 is 1.12 bits per heavy atom. The third-order valence-electron chi connectivity index (χ3n) is 3.32. The van der Waals surface area contributed by atoms with Crippen LogP contribution in [0, 0.1) is 11.3 Å². The Kier molecular flexibility index (Phi) is 3.83. The van der Waals surface area contributed by atoms with E-state index in [1.54, 1.807) is 0 Å². The number of Topliss-reactive ketones (excluding diaryl/α,β-unsaturated/α-hetero) is 1. The minimum Gasteiger partial charge on any atom is -0.365 e. The molecule has 2 heteroatoms. The monoisotopic (exact) mass is 226 g/mol. The summed E-state index contributed by atoms with van der Waals surface area (Å²) in [6, 6.07) is 0. The summed E-state index contributed by atoms with van der Waals surface area (Å²) in [5.74, 6) is 0.882. The van der Waals surface area contributed by atoms with Crippen molar-refractivity contribution in [1.82, 2.24) is 0 Å². The second-order valence-electron chi connectivity index (χ2n) is 7.02. The summed E-state index contributed by atoms with van der Waals surface area (Å²) in [6.07, 6.45) is 2.41. The molecule has 1 saturated carbocycles. The van der Waals surface area contributed by atoms with Crippen molar-refractivity contribution in [3.05, 3.63) is 0 Å². The zero-order chi connectivity index (χ0) is 12.6. The fraction of sp³-hybridized carbons (Fsp3) is 0.929. The molecule has 0 heterocycles. The van der Waals surface area contributed by atoms with Gasteiger partial charge in [-0.3, -0.25) is 4.79 Å².